The number of hydrogen-bond donors (Lipinski definition) is 1. The molecule has 0 aliphatic rings. The zero-order chi connectivity index (χ0) is 7.91. The SMILES string of the molecule is COC.OC(F)(F)CF. The predicted octanol–water partition coefficient (Wildman–Crippen LogP) is 0.804. The summed E-state index contributed by atoms with van der Waals surface area (Å²) in [7, 11) is 3.25. The summed E-state index contributed by atoms with van der Waals surface area (Å²) in [4.78, 5) is 0. The van der Waals surface area contributed by atoms with Crippen molar-refractivity contribution in [3.8, 4) is 0 Å². The molecule has 0 fully saturated rings. The third kappa shape index (κ3) is 34.2. The van der Waals surface area contributed by atoms with Gasteiger partial charge in [0.05, 0.1) is 0 Å². The van der Waals surface area contributed by atoms with E-state index in [-0.39, 0.29) is 0 Å². The minimum absolute atomic E-state index is 1.62. The van der Waals surface area contributed by atoms with E-state index in [2.05, 4.69) is 4.74 Å². The van der Waals surface area contributed by atoms with E-state index in [0.29, 0.717) is 0 Å². The molecule has 0 aromatic carbocycles. The molecule has 0 aromatic heterocycles. The van der Waals surface area contributed by atoms with Crippen molar-refractivity contribution in [3.05, 3.63) is 0 Å². The van der Waals surface area contributed by atoms with Crippen LogP contribution in [0.5, 0.6) is 0 Å². The van der Waals surface area contributed by atoms with Crippen LogP contribution in [0.1, 0.15) is 0 Å². The normalized spacial score (nSPS) is 10.0. The molecule has 0 rings (SSSR count). The topological polar surface area (TPSA) is 29.5 Å². The third-order valence-electron chi connectivity index (χ3n) is 0.161. The summed E-state index contributed by atoms with van der Waals surface area (Å²) in [6.45, 7) is -2.01. The first-order valence-electron chi connectivity index (χ1n) is 2.04. The Balaban J connectivity index is 0. The number of rotatable bonds is 1. The van der Waals surface area contributed by atoms with Crippen molar-refractivity contribution in [2.45, 2.75) is 6.11 Å². The summed E-state index contributed by atoms with van der Waals surface area (Å²) >= 11 is 0. The molecule has 0 spiro atoms. The number of hydrogen-bond acceptors (Lipinski definition) is 2. The van der Waals surface area contributed by atoms with Crippen molar-refractivity contribution in [1.82, 2.24) is 0 Å². The number of methoxy groups -OCH3 is 1. The van der Waals surface area contributed by atoms with Crippen molar-refractivity contribution >= 4 is 0 Å². The molecular weight excluding hydrogens is 137 g/mol. The average molecular weight is 146 g/mol. The molecule has 58 valence electrons. The standard InChI is InChI=1S/C2H3F3O.C2H6O/c3-1-2(4,5)6;1-3-2/h6H,1H2;1-2H3. The molecule has 0 aliphatic heterocycles. The maximum atomic E-state index is 10.6. The summed E-state index contributed by atoms with van der Waals surface area (Å²) < 4.78 is 36.0. The van der Waals surface area contributed by atoms with E-state index < -0.39 is 12.8 Å². The van der Waals surface area contributed by atoms with E-state index in [1.165, 1.54) is 0 Å². The predicted molar refractivity (Wildman–Crippen MR) is 26.1 cm³/mol. The molecular formula is C4H9F3O2. The highest BCUT2D eigenvalue weighted by Gasteiger charge is 2.22. The summed E-state index contributed by atoms with van der Waals surface area (Å²) in [6.07, 6.45) is -4.12. The summed E-state index contributed by atoms with van der Waals surface area (Å²) in [5.74, 6) is 0. The fraction of sp³-hybridized carbons (Fsp3) is 1.00. The van der Waals surface area contributed by atoms with Gasteiger partial charge in [0.15, 0.2) is 6.67 Å². The Morgan fingerprint density at radius 2 is 1.56 bits per heavy atom. The first kappa shape index (κ1) is 11.5. The van der Waals surface area contributed by atoms with Gasteiger partial charge in [-0.2, -0.15) is 8.78 Å². The molecule has 1 N–H and O–H groups in total. The minimum atomic E-state index is -4.12. The first-order chi connectivity index (χ1) is 3.97. The lowest BCUT2D eigenvalue weighted by atomic mass is 10.7. The maximum absolute atomic E-state index is 10.6. The zero-order valence-corrected chi connectivity index (χ0v) is 5.20. The second-order valence-electron chi connectivity index (χ2n) is 1.21. The van der Waals surface area contributed by atoms with Crippen LogP contribution in [0, 0.1) is 0 Å². The van der Waals surface area contributed by atoms with Crippen LogP contribution in [-0.2, 0) is 4.74 Å². The van der Waals surface area contributed by atoms with E-state index in [0.717, 1.165) is 0 Å². The summed E-state index contributed by atoms with van der Waals surface area (Å²) in [6, 6.07) is 0. The molecule has 0 atom stereocenters. The molecule has 2 nitrogen and oxygen atoms in total. The van der Waals surface area contributed by atoms with Gasteiger partial charge < -0.3 is 9.84 Å². The second-order valence-corrected chi connectivity index (χ2v) is 1.21. The number of ether oxygens (including phenoxy) is 1. The van der Waals surface area contributed by atoms with Gasteiger partial charge in [-0.1, -0.05) is 0 Å². The summed E-state index contributed by atoms with van der Waals surface area (Å²) in [5, 5.41) is 7.12. The maximum Gasteiger partial charge on any atom is 0.381 e. The smallest absolute Gasteiger partial charge is 0.381 e. The Hall–Kier alpha value is -0.290. The van der Waals surface area contributed by atoms with E-state index in [1.54, 1.807) is 14.2 Å². The summed E-state index contributed by atoms with van der Waals surface area (Å²) in [5.41, 5.74) is 0. The fourth-order valence-electron chi connectivity index (χ4n) is 0. The highest BCUT2D eigenvalue weighted by atomic mass is 19.3. The van der Waals surface area contributed by atoms with E-state index in [9.17, 15) is 13.2 Å². The van der Waals surface area contributed by atoms with Crippen LogP contribution in [0.25, 0.3) is 0 Å². The molecule has 0 aromatic rings. The monoisotopic (exact) mass is 146 g/mol. The van der Waals surface area contributed by atoms with Crippen molar-refractivity contribution in [1.29, 1.82) is 0 Å². The second kappa shape index (κ2) is 5.84. The van der Waals surface area contributed by atoms with E-state index in [4.69, 9.17) is 5.11 Å². The van der Waals surface area contributed by atoms with Crippen molar-refractivity contribution < 1.29 is 23.0 Å². The lowest BCUT2D eigenvalue weighted by molar-refractivity contribution is -0.208. The van der Waals surface area contributed by atoms with Gasteiger partial charge in [0.2, 0.25) is 0 Å². The van der Waals surface area contributed by atoms with Gasteiger partial charge in [-0.05, 0) is 0 Å². The lowest BCUT2D eigenvalue weighted by Crippen LogP contribution is -2.15. The fourth-order valence-corrected chi connectivity index (χ4v) is 0. The number of aliphatic hydroxyl groups is 1. The van der Waals surface area contributed by atoms with Gasteiger partial charge in [0.25, 0.3) is 0 Å². The van der Waals surface area contributed by atoms with Crippen LogP contribution in [0.15, 0.2) is 0 Å². The van der Waals surface area contributed by atoms with Crippen LogP contribution in [-0.4, -0.2) is 32.1 Å². The molecule has 0 radical (unpaired) electrons. The van der Waals surface area contributed by atoms with E-state index >= 15 is 0 Å². The van der Waals surface area contributed by atoms with Crippen LogP contribution in [0.4, 0.5) is 13.2 Å². The Morgan fingerprint density at radius 3 is 1.56 bits per heavy atom. The van der Waals surface area contributed by atoms with Gasteiger partial charge in [0.1, 0.15) is 0 Å². The molecule has 0 aliphatic carbocycles. The highest BCUT2D eigenvalue weighted by molar-refractivity contribution is 4.38. The van der Waals surface area contributed by atoms with Crippen LogP contribution in [0.2, 0.25) is 0 Å². The Bertz CT molecular complexity index is 52.3. The molecule has 0 heterocycles. The largest absolute Gasteiger partial charge is 0.388 e. The molecule has 0 saturated heterocycles. The highest BCUT2D eigenvalue weighted by Crippen LogP contribution is 2.06. The molecule has 0 bridgehead atoms. The quantitative estimate of drug-likeness (QED) is 0.593. The third-order valence-corrected chi connectivity index (χ3v) is 0.161. The Kier molecular flexibility index (Phi) is 7.46. The van der Waals surface area contributed by atoms with Crippen LogP contribution in [0.3, 0.4) is 0 Å². The van der Waals surface area contributed by atoms with Gasteiger partial charge in [-0.25, -0.2) is 4.39 Å². The van der Waals surface area contributed by atoms with Gasteiger partial charge in [0, 0.05) is 14.2 Å². The van der Waals surface area contributed by atoms with Crippen molar-refractivity contribution in [2.24, 2.45) is 0 Å². The number of halogens is 3. The number of alkyl halides is 3. The lowest BCUT2D eigenvalue weighted by Gasteiger charge is -1.97. The van der Waals surface area contributed by atoms with Crippen molar-refractivity contribution in [3.63, 3.8) is 0 Å². The van der Waals surface area contributed by atoms with Crippen molar-refractivity contribution in [2.75, 3.05) is 20.9 Å². The van der Waals surface area contributed by atoms with Gasteiger partial charge >= 0.3 is 6.11 Å². The van der Waals surface area contributed by atoms with Crippen LogP contribution >= 0.6 is 0 Å². The molecule has 0 unspecified atom stereocenters. The zero-order valence-electron chi connectivity index (χ0n) is 5.20. The Labute approximate surface area is 51.2 Å². The molecule has 9 heavy (non-hydrogen) atoms. The first-order valence-corrected chi connectivity index (χ1v) is 2.04. The molecule has 0 amide bonds. The average Bonchev–Trinajstić information content (AvgIpc) is 1.67. The van der Waals surface area contributed by atoms with E-state index in [1.807, 2.05) is 0 Å². The Morgan fingerprint density at radius 1 is 1.44 bits per heavy atom. The molecule has 5 heteroatoms. The van der Waals surface area contributed by atoms with Crippen LogP contribution < -0.4 is 0 Å². The van der Waals surface area contributed by atoms with Gasteiger partial charge in [-0.15, -0.1) is 0 Å². The van der Waals surface area contributed by atoms with Gasteiger partial charge in [-0.3, -0.25) is 0 Å². The molecule has 0 saturated carbocycles. The minimum Gasteiger partial charge on any atom is -0.388 e.